The fourth-order valence-corrected chi connectivity index (χ4v) is 3.19. The number of carbonyl (C=O) groups excluding carboxylic acids is 1. The van der Waals surface area contributed by atoms with E-state index in [1.165, 1.54) is 0 Å². The number of thioether (sulfide) groups is 1. The fraction of sp³-hybridized carbons (Fsp3) is 0.462. The smallest absolute Gasteiger partial charge is 0.254 e. The third-order valence-electron chi connectivity index (χ3n) is 3.47. The van der Waals surface area contributed by atoms with Crippen LogP contribution in [0.2, 0.25) is 0 Å². The van der Waals surface area contributed by atoms with Crippen LogP contribution in [0, 0.1) is 11.6 Å². The van der Waals surface area contributed by atoms with E-state index in [2.05, 4.69) is 0 Å². The zero-order valence-electron chi connectivity index (χ0n) is 10.8. The standard InChI is InChI=1S/C13H16F2N2OS/c1-7-8(2)19-4-3-17(7)13(18)9-5-10(14)12(16)11(15)6-9/h5-8H,3-4,16H2,1-2H3. The maximum atomic E-state index is 13.4. The number of nitrogen functional groups attached to an aromatic ring is 1. The molecule has 1 aliphatic heterocycles. The zero-order valence-corrected chi connectivity index (χ0v) is 11.6. The Bertz CT molecular complexity index is 486. The Morgan fingerprint density at radius 3 is 2.53 bits per heavy atom. The minimum absolute atomic E-state index is 0.00940. The van der Waals surface area contributed by atoms with Crippen molar-refractivity contribution >= 4 is 23.4 Å². The molecule has 3 nitrogen and oxygen atoms in total. The quantitative estimate of drug-likeness (QED) is 0.807. The van der Waals surface area contributed by atoms with E-state index in [4.69, 9.17) is 5.73 Å². The third-order valence-corrected chi connectivity index (χ3v) is 4.81. The summed E-state index contributed by atoms with van der Waals surface area (Å²) in [6.07, 6.45) is 0. The van der Waals surface area contributed by atoms with Crippen LogP contribution in [0.5, 0.6) is 0 Å². The monoisotopic (exact) mass is 286 g/mol. The van der Waals surface area contributed by atoms with E-state index in [-0.39, 0.29) is 17.5 Å². The molecule has 2 unspecified atom stereocenters. The molecule has 1 saturated heterocycles. The summed E-state index contributed by atoms with van der Waals surface area (Å²) in [6, 6.07) is 2.04. The SMILES string of the molecule is CC1SCCN(C(=O)c2cc(F)c(N)c(F)c2)C1C. The van der Waals surface area contributed by atoms with E-state index in [9.17, 15) is 13.6 Å². The highest BCUT2D eigenvalue weighted by Gasteiger charge is 2.30. The number of benzene rings is 1. The van der Waals surface area contributed by atoms with Crippen molar-refractivity contribution in [2.45, 2.75) is 25.1 Å². The Balaban J connectivity index is 2.29. The second-order valence-corrected chi connectivity index (χ2v) is 6.15. The van der Waals surface area contributed by atoms with E-state index in [1.807, 2.05) is 13.8 Å². The Kier molecular flexibility index (Phi) is 3.99. The van der Waals surface area contributed by atoms with Gasteiger partial charge in [0.2, 0.25) is 0 Å². The van der Waals surface area contributed by atoms with E-state index >= 15 is 0 Å². The number of rotatable bonds is 1. The van der Waals surface area contributed by atoms with Crippen LogP contribution in [-0.2, 0) is 0 Å². The molecule has 0 aliphatic carbocycles. The summed E-state index contributed by atoms with van der Waals surface area (Å²) in [5, 5.41) is 0.307. The number of nitrogens with zero attached hydrogens (tertiary/aromatic N) is 1. The van der Waals surface area contributed by atoms with Crippen molar-refractivity contribution in [3.63, 3.8) is 0 Å². The maximum absolute atomic E-state index is 13.4. The van der Waals surface area contributed by atoms with Gasteiger partial charge in [0.25, 0.3) is 5.91 Å². The van der Waals surface area contributed by atoms with Gasteiger partial charge in [-0.2, -0.15) is 11.8 Å². The Morgan fingerprint density at radius 1 is 1.37 bits per heavy atom. The first-order valence-corrected chi connectivity index (χ1v) is 7.13. The number of hydrogen-bond acceptors (Lipinski definition) is 3. The number of anilines is 1. The highest BCUT2D eigenvalue weighted by Crippen LogP contribution is 2.26. The molecule has 0 saturated carbocycles. The predicted octanol–water partition coefficient (Wildman–Crippen LogP) is 2.51. The minimum atomic E-state index is -0.893. The molecule has 1 heterocycles. The van der Waals surface area contributed by atoms with E-state index in [0.717, 1.165) is 17.9 Å². The van der Waals surface area contributed by atoms with Crippen LogP contribution in [0.4, 0.5) is 14.5 Å². The van der Waals surface area contributed by atoms with Crippen molar-refractivity contribution in [3.05, 3.63) is 29.3 Å². The van der Waals surface area contributed by atoms with E-state index < -0.39 is 17.3 Å². The van der Waals surface area contributed by atoms with Gasteiger partial charge >= 0.3 is 0 Å². The van der Waals surface area contributed by atoms with Crippen LogP contribution < -0.4 is 5.73 Å². The molecular weight excluding hydrogens is 270 g/mol. The summed E-state index contributed by atoms with van der Waals surface area (Å²) in [7, 11) is 0. The lowest BCUT2D eigenvalue weighted by Gasteiger charge is -2.37. The zero-order chi connectivity index (χ0) is 14.2. The van der Waals surface area contributed by atoms with Crippen molar-refractivity contribution < 1.29 is 13.6 Å². The Morgan fingerprint density at radius 2 is 1.95 bits per heavy atom. The number of amides is 1. The van der Waals surface area contributed by atoms with Crippen molar-refractivity contribution in [2.75, 3.05) is 18.0 Å². The summed E-state index contributed by atoms with van der Waals surface area (Å²) >= 11 is 1.79. The minimum Gasteiger partial charge on any atom is -0.394 e. The van der Waals surface area contributed by atoms with Gasteiger partial charge in [0, 0.05) is 29.2 Å². The average molecular weight is 286 g/mol. The molecule has 0 radical (unpaired) electrons. The van der Waals surface area contributed by atoms with Gasteiger partial charge in [0.05, 0.1) is 0 Å². The average Bonchev–Trinajstić information content (AvgIpc) is 2.38. The number of nitrogens with two attached hydrogens (primary N) is 1. The molecular formula is C13H16F2N2OS. The predicted molar refractivity (Wildman–Crippen MR) is 73.2 cm³/mol. The van der Waals surface area contributed by atoms with Crippen molar-refractivity contribution in [3.8, 4) is 0 Å². The number of carbonyl (C=O) groups is 1. The largest absolute Gasteiger partial charge is 0.394 e. The van der Waals surface area contributed by atoms with Crippen LogP contribution in [0.25, 0.3) is 0 Å². The molecule has 0 spiro atoms. The lowest BCUT2D eigenvalue weighted by molar-refractivity contribution is 0.0697. The Labute approximate surface area is 115 Å². The fourth-order valence-electron chi connectivity index (χ4n) is 2.09. The molecule has 0 bridgehead atoms. The van der Waals surface area contributed by atoms with Gasteiger partial charge < -0.3 is 10.6 Å². The summed E-state index contributed by atoms with van der Waals surface area (Å²) < 4.78 is 26.8. The van der Waals surface area contributed by atoms with Crippen LogP contribution in [0.15, 0.2) is 12.1 Å². The van der Waals surface area contributed by atoms with Crippen molar-refractivity contribution in [1.29, 1.82) is 0 Å². The summed E-state index contributed by atoms with van der Waals surface area (Å²) in [6.45, 7) is 4.57. The molecule has 2 atom stereocenters. The lowest BCUT2D eigenvalue weighted by atomic mass is 10.1. The summed E-state index contributed by atoms with van der Waals surface area (Å²) in [5.74, 6) is -1.31. The van der Waals surface area contributed by atoms with Crippen LogP contribution in [0.1, 0.15) is 24.2 Å². The van der Waals surface area contributed by atoms with Crippen LogP contribution >= 0.6 is 11.8 Å². The van der Waals surface area contributed by atoms with Gasteiger partial charge in [-0.3, -0.25) is 4.79 Å². The van der Waals surface area contributed by atoms with Gasteiger partial charge in [-0.05, 0) is 19.1 Å². The molecule has 104 valence electrons. The molecule has 19 heavy (non-hydrogen) atoms. The molecule has 1 aromatic carbocycles. The third kappa shape index (κ3) is 2.68. The first kappa shape index (κ1) is 14.1. The molecule has 1 aliphatic rings. The first-order valence-electron chi connectivity index (χ1n) is 6.09. The van der Waals surface area contributed by atoms with Crippen LogP contribution in [-0.4, -0.2) is 34.4 Å². The number of hydrogen-bond donors (Lipinski definition) is 1. The second kappa shape index (κ2) is 5.36. The number of halogens is 2. The van der Waals surface area contributed by atoms with Gasteiger partial charge in [0.1, 0.15) is 17.3 Å². The summed E-state index contributed by atoms with van der Waals surface area (Å²) in [5.41, 5.74) is 4.66. The van der Waals surface area contributed by atoms with Crippen molar-refractivity contribution in [2.24, 2.45) is 0 Å². The second-order valence-electron chi connectivity index (χ2n) is 4.67. The topological polar surface area (TPSA) is 46.3 Å². The van der Waals surface area contributed by atoms with Gasteiger partial charge in [-0.25, -0.2) is 8.78 Å². The van der Waals surface area contributed by atoms with Gasteiger partial charge in [-0.15, -0.1) is 0 Å². The molecule has 2 N–H and O–H groups in total. The van der Waals surface area contributed by atoms with E-state index in [1.54, 1.807) is 16.7 Å². The van der Waals surface area contributed by atoms with Crippen molar-refractivity contribution in [1.82, 2.24) is 4.90 Å². The maximum Gasteiger partial charge on any atom is 0.254 e. The highest BCUT2D eigenvalue weighted by molar-refractivity contribution is 8.00. The molecule has 1 aromatic rings. The molecule has 0 aromatic heterocycles. The molecule has 1 amide bonds. The van der Waals surface area contributed by atoms with Crippen LogP contribution in [0.3, 0.4) is 0 Å². The molecule has 2 rings (SSSR count). The van der Waals surface area contributed by atoms with E-state index in [0.29, 0.717) is 11.8 Å². The Hall–Kier alpha value is -1.30. The molecule has 1 fully saturated rings. The van der Waals surface area contributed by atoms with Gasteiger partial charge in [-0.1, -0.05) is 6.92 Å². The molecule has 6 heteroatoms. The van der Waals surface area contributed by atoms with Gasteiger partial charge in [0.15, 0.2) is 0 Å². The highest BCUT2D eigenvalue weighted by atomic mass is 32.2. The summed E-state index contributed by atoms with van der Waals surface area (Å²) in [4.78, 5) is 14.0. The lowest BCUT2D eigenvalue weighted by Crippen LogP contribution is -2.48. The first-order chi connectivity index (χ1) is 8.91. The normalized spacial score (nSPS) is 23.5.